The SMILES string of the molecule is C#CCn1cnc(-c2ccnc(Nc3cc(NC(=O)C4CC4)nnc3C(N)=O)c2OC)n1. The quantitative estimate of drug-likeness (QED) is 0.439. The van der Waals surface area contributed by atoms with E-state index in [1.165, 1.54) is 30.4 Å². The van der Waals surface area contributed by atoms with E-state index in [4.69, 9.17) is 16.9 Å². The van der Waals surface area contributed by atoms with Crippen molar-refractivity contribution in [3.63, 3.8) is 0 Å². The number of terminal acetylenes is 1. The summed E-state index contributed by atoms with van der Waals surface area (Å²) >= 11 is 0. The van der Waals surface area contributed by atoms with Crippen LogP contribution in [0.5, 0.6) is 5.75 Å². The van der Waals surface area contributed by atoms with Gasteiger partial charge in [0, 0.05) is 18.2 Å². The molecule has 0 aliphatic heterocycles. The average molecular weight is 433 g/mol. The van der Waals surface area contributed by atoms with E-state index in [1.54, 1.807) is 6.07 Å². The van der Waals surface area contributed by atoms with E-state index in [-0.39, 0.29) is 41.4 Å². The number of nitrogens with zero attached hydrogens (tertiary/aromatic N) is 6. The Balaban J connectivity index is 1.68. The monoisotopic (exact) mass is 433 g/mol. The second-order valence-electron chi connectivity index (χ2n) is 6.95. The molecule has 3 heterocycles. The van der Waals surface area contributed by atoms with Gasteiger partial charge in [0.2, 0.25) is 5.91 Å². The molecule has 0 radical (unpaired) electrons. The van der Waals surface area contributed by atoms with Crippen molar-refractivity contribution in [3.05, 3.63) is 30.4 Å². The molecule has 32 heavy (non-hydrogen) atoms. The first-order valence-electron chi connectivity index (χ1n) is 9.61. The molecule has 4 rings (SSSR count). The Kier molecular flexibility index (Phi) is 5.63. The number of amides is 2. The summed E-state index contributed by atoms with van der Waals surface area (Å²) in [4.78, 5) is 32.5. The highest BCUT2D eigenvalue weighted by Gasteiger charge is 2.30. The fourth-order valence-corrected chi connectivity index (χ4v) is 2.94. The summed E-state index contributed by atoms with van der Waals surface area (Å²) in [6.07, 6.45) is 10.0. The number of anilines is 3. The van der Waals surface area contributed by atoms with E-state index in [0.29, 0.717) is 17.1 Å². The maximum absolute atomic E-state index is 12.1. The zero-order chi connectivity index (χ0) is 22.7. The standard InChI is InChI=1S/C20H19N9O3/c1-3-8-29-10-23-18(28-29)12-6-7-22-19(16(12)32-2)24-13-9-14(25-20(31)11-4-5-11)26-27-15(13)17(21)30/h1,6-7,9-11H,4-5,8H2,2H3,(H2,21,30)(H2,22,24,25,26,31). The lowest BCUT2D eigenvalue weighted by Gasteiger charge is -2.14. The molecule has 0 bridgehead atoms. The molecular formula is C20H19N9O3. The third kappa shape index (κ3) is 4.31. The molecule has 12 heteroatoms. The molecule has 162 valence electrons. The van der Waals surface area contributed by atoms with Gasteiger partial charge in [0.05, 0.1) is 18.4 Å². The van der Waals surface area contributed by atoms with Crippen LogP contribution in [0, 0.1) is 18.3 Å². The molecule has 3 aromatic rings. The van der Waals surface area contributed by atoms with Gasteiger partial charge in [0.1, 0.15) is 12.9 Å². The smallest absolute Gasteiger partial charge is 0.271 e. The summed E-state index contributed by atoms with van der Waals surface area (Å²) < 4.78 is 7.04. The van der Waals surface area contributed by atoms with Gasteiger partial charge in [-0.15, -0.1) is 21.7 Å². The third-order valence-electron chi connectivity index (χ3n) is 4.62. The van der Waals surface area contributed by atoms with Crippen molar-refractivity contribution in [2.45, 2.75) is 19.4 Å². The lowest BCUT2D eigenvalue weighted by Crippen LogP contribution is -2.19. The summed E-state index contributed by atoms with van der Waals surface area (Å²) in [7, 11) is 1.46. The molecule has 0 spiro atoms. The number of carbonyl (C=O) groups is 2. The van der Waals surface area contributed by atoms with Crippen LogP contribution < -0.4 is 21.1 Å². The maximum Gasteiger partial charge on any atom is 0.271 e. The Hall–Kier alpha value is -4.53. The number of primary amides is 1. The van der Waals surface area contributed by atoms with Crippen molar-refractivity contribution in [2.75, 3.05) is 17.7 Å². The minimum absolute atomic E-state index is 0.0238. The molecule has 2 amide bonds. The van der Waals surface area contributed by atoms with Gasteiger partial charge < -0.3 is 21.1 Å². The van der Waals surface area contributed by atoms with Crippen molar-refractivity contribution in [3.8, 4) is 29.5 Å². The zero-order valence-corrected chi connectivity index (χ0v) is 17.1. The predicted molar refractivity (Wildman–Crippen MR) is 114 cm³/mol. The molecule has 1 aliphatic rings. The van der Waals surface area contributed by atoms with Gasteiger partial charge in [0.15, 0.2) is 28.9 Å². The number of hydrogen-bond donors (Lipinski definition) is 3. The molecular weight excluding hydrogens is 414 g/mol. The number of pyridine rings is 1. The van der Waals surface area contributed by atoms with Gasteiger partial charge in [-0.05, 0) is 18.9 Å². The first-order valence-corrected chi connectivity index (χ1v) is 9.61. The highest BCUT2D eigenvalue weighted by molar-refractivity contribution is 5.99. The van der Waals surface area contributed by atoms with Gasteiger partial charge in [-0.2, -0.15) is 0 Å². The number of nitrogens with one attached hydrogen (secondary N) is 2. The van der Waals surface area contributed by atoms with Crippen LogP contribution in [0.4, 0.5) is 17.3 Å². The number of carbonyl (C=O) groups excluding carboxylic acids is 2. The lowest BCUT2D eigenvalue weighted by atomic mass is 10.2. The highest BCUT2D eigenvalue weighted by Crippen LogP contribution is 2.35. The second kappa shape index (κ2) is 8.68. The average Bonchev–Trinajstić information content (AvgIpc) is 3.53. The van der Waals surface area contributed by atoms with Gasteiger partial charge >= 0.3 is 0 Å². The fourth-order valence-electron chi connectivity index (χ4n) is 2.94. The van der Waals surface area contributed by atoms with Crippen LogP contribution in [0.15, 0.2) is 24.7 Å². The molecule has 0 saturated heterocycles. The Morgan fingerprint density at radius 1 is 1.34 bits per heavy atom. The fraction of sp³-hybridized carbons (Fsp3) is 0.250. The number of rotatable bonds is 8. The zero-order valence-electron chi connectivity index (χ0n) is 17.1. The van der Waals surface area contributed by atoms with Crippen molar-refractivity contribution in [2.24, 2.45) is 11.7 Å². The minimum Gasteiger partial charge on any atom is -0.492 e. The van der Waals surface area contributed by atoms with E-state index in [1.807, 2.05) is 0 Å². The van der Waals surface area contributed by atoms with Crippen LogP contribution in [-0.2, 0) is 11.3 Å². The van der Waals surface area contributed by atoms with E-state index in [9.17, 15) is 9.59 Å². The summed E-state index contributed by atoms with van der Waals surface area (Å²) in [5, 5.41) is 17.7. The predicted octanol–water partition coefficient (Wildman–Crippen LogP) is 0.963. The molecule has 1 fully saturated rings. The Morgan fingerprint density at radius 3 is 2.84 bits per heavy atom. The lowest BCUT2D eigenvalue weighted by molar-refractivity contribution is -0.117. The van der Waals surface area contributed by atoms with Gasteiger partial charge in [-0.25, -0.2) is 14.6 Å². The minimum atomic E-state index is -0.801. The molecule has 0 aromatic carbocycles. The van der Waals surface area contributed by atoms with Crippen molar-refractivity contribution in [1.82, 2.24) is 29.9 Å². The number of methoxy groups -OCH3 is 1. The molecule has 1 aliphatic carbocycles. The largest absolute Gasteiger partial charge is 0.492 e. The number of hydrogen-bond acceptors (Lipinski definition) is 9. The number of ether oxygens (including phenoxy) is 1. The molecule has 4 N–H and O–H groups in total. The van der Waals surface area contributed by atoms with Crippen LogP contribution >= 0.6 is 0 Å². The van der Waals surface area contributed by atoms with Crippen LogP contribution in [0.25, 0.3) is 11.4 Å². The van der Waals surface area contributed by atoms with Crippen LogP contribution in [0.1, 0.15) is 23.3 Å². The van der Waals surface area contributed by atoms with Crippen molar-refractivity contribution in [1.29, 1.82) is 0 Å². The van der Waals surface area contributed by atoms with Crippen LogP contribution in [0.2, 0.25) is 0 Å². The molecule has 3 aromatic heterocycles. The second-order valence-corrected chi connectivity index (χ2v) is 6.95. The van der Waals surface area contributed by atoms with Gasteiger partial charge in [-0.1, -0.05) is 5.92 Å². The summed E-state index contributed by atoms with van der Waals surface area (Å²) in [6.45, 7) is 0.269. The molecule has 12 nitrogen and oxygen atoms in total. The topological polar surface area (TPSA) is 163 Å². The summed E-state index contributed by atoms with van der Waals surface area (Å²) in [5.74, 6) is 2.65. The van der Waals surface area contributed by atoms with Crippen LogP contribution in [-0.4, -0.2) is 48.9 Å². The van der Waals surface area contributed by atoms with E-state index in [0.717, 1.165) is 12.8 Å². The Morgan fingerprint density at radius 2 is 2.16 bits per heavy atom. The van der Waals surface area contributed by atoms with E-state index in [2.05, 4.69) is 41.8 Å². The third-order valence-corrected chi connectivity index (χ3v) is 4.62. The Labute approximate surface area is 182 Å². The first kappa shape index (κ1) is 20.7. The Bertz CT molecular complexity index is 1230. The van der Waals surface area contributed by atoms with Crippen molar-refractivity contribution >= 4 is 29.1 Å². The molecule has 0 atom stereocenters. The number of aromatic nitrogens is 6. The maximum atomic E-state index is 12.1. The summed E-state index contributed by atoms with van der Waals surface area (Å²) in [5.41, 5.74) is 6.06. The number of nitrogens with two attached hydrogens (primary N) is 1. The summed E-state index contributed by atoms with van der Waals surface area (Å²) in [6, 6.07) is 3.14. The van der Waals surface area contributed by atoms with Crippen molar-refractivity contribution < 1.29 is 14.3 Å². The molecule has 1 saturated carbocycles. The highest BCUT2D eigenvalue weighted by atomic mass is 16.5. The van der Waals surface area contributed by atoms with E-state index >= 15 is 0 Å². The van der Waals surface area contributed by atoms with Gasteiger partial charge in [-0.3, -0.25) is 9.59 Å². The van der Waals surface area contributed by atoms with Gasteiger partial charge in [0.25, 0.3) is 5.91 Å². The molecule has 0 unspecified atom stereocenters. The van der Waals surface area contributed by atoms with Crippen LogP contribution in [0.3, 0.4) is 0 Å². The van der Waals surface area contributed by atoms with E-state index < -0.39 is 5.91 Å². The normalized spacial score (nSPS) is 12.6. The first-order chi connectivity index (χ1) is 15.5.